The lowest BCUT2D eigenvalue weighted by atomic mass is 10.3. The highest BCUT2D eigenvalue weighted by atomic mass is 32.2. The average molecular weight is 286 g/mol. The van der Waals surface area contributed by atoms with Gasteiger partial charge in [0.05, 0.1) is 16.8 Å². The van der Waals surface area contributed by atoms with Gasteiger partial charge in [0, 0.05) is 0 Å². The number of aliphatic carboxylic acids is 1. The summed E-state index contributed by atoms with van der Waals surface area (Å²) in [6, 6.07) is 0. The number of hydrogen-bond donors (Lipinski definition) is 1. The molecule has 0 saturated carbocycles. The molecule has 6 nitrogen and oxygen atoms in total. The lowest BCUT2D eigenvalue weighted by Gasteiger charge is -2.12. The van der Waals surface area contributed by atoms with E-state index in [1.54, 1.807) is 0 Å². The van der Waals surface area contributed by atoms with Gasteiger partial charge in [-0.2, -0.15) is 0 Å². The molecule has 0 aliphatic carbocycles. The van der Waals surface area contributed by atoms with E-state index in [2.05, 4.69) is 0 Å². The molecule has 8 heteroatoms. The fourth-order valence-electron chi connectivity index (χ4n) is 1.19. The standard InChI is InChI=1S/C9H18O6S2/c1-4-8(9(10)11)17(14,15)6-5-16(12,13)7(2)3/h7-8H,4-6H2,1-3H3,(H,10,11). The Morgan fingerprint density at radius 2 is 1.47 bits per heavy atom. The fourth-order valence-corrected chi connectivity index (χ4v) is 4.62. The first kappa shape index (κ1) is 16.4. The molecule has 1 N–H and O–H groups in total. The molecule has 0 aliphatic rings. The summed E-state index contributed by atoms with van der Waals surface area (Å²) in [5, 5.41) is 6.53. The van der Waals surface area contributed by atoms with Crippen LogP contribution in [0.2, 0.25) is 0 Å². The molecule has 0 aromatic carbocycles. The molecule has 0 radical (unpaired) electrons. The number of carboxylic acids is 1. The highest BCUT2D eigenvalue weighted by Gasteiger charge is 2.32. The molecule has 1 unspecified atom stereocenters. The van der Waals surface area contributed by atoms with Crippen molar-refractivity contribution in [1.82, 2.24) is 0 Å². The van der Waals surface area contributed by atoms with Crippen LogP contribution in [0, 0.1) is 0 Å². The summed E-state index contributed by atoms with van der Waals surface area (Å²) >= 11 is 0. The van der Waals surface area contributed by atoms with Crippen LogP contribution in [0.25, 0.3) is 0 Å². The summed E-state index contributed by atoms with van der Waals surface area (Å²) in [5.41, 5.74) is 0. The molecule has 1 atom stereocenters. The Labute approximate surface area is 102 Å². The average Bonchev–Trinajstić information content (AvgIpc) is 2.14. The second-order valence-electron chi connectivity index (χ2n) is 4.02. The third-order valence-corrected chi connectivity index (χ3v) is 7.09. The third kappa shape index (κ3) is 4.63. The van der Waals surface area contributed by atoms with Crippen LogP contribution in [0.4, 0.5) is 0 Å². The van der Waals surface area contributed by atoms with Crippen LogP contribution in [0.5, 0.6) is 0 Å². The van der Waals surface area contributed by atoms with Gasteiger partial charge in [-0.3, -0.25) is 4.79 Å². The van der Waals surface area contributed by atoms with Crippen LogP contribution >= 0.6 is 0 Å². The van der Waals surface area contributed by atoms with Crippen LogP contribution in [0.3, 0.4) is 0 Å². The minimum absolute atomic E-state index is 0.0700. The molecule has 0 saturated heterocycles. The number of carboxylic acid groups (broad SMARTS) is 1. The van der Waals surface area contributed by atoms with Crippen LogP contribution in [-0.4, -0.2) is 49.9 Å². The van der Waals surface area contributed by atoms with Crippen LogP contribution < -0.4 is 0 Å². The zero-order valence-corrected chi connectivity index (χ0v) is 11.7. The maximum absolute atomic E-state index is 11.6. The Morgan fingerprint density at radius 3 is 1.76 bits per heavy atom. The Kier molecular flexibility index (Phi) is 5.60. The zero-order chi connectivity index (χ0) is 13.9. The predicted molar refractivity (Wildman–Crippen MR) is 64.4 cm³/mol. The summed E-state index contributed by atoms with van der Waals surface area (Å²) < 4.78 is 46.1. The van der Waals surface area contributed by atoms with E-state index >= 15 is 0 Å². The molecule has 17 heavy (non-hydrogen) atoms. The second-order valence-corrected chi connectivity index (χ2v) is 9.00. The monoisotopic (exact) mass is 286 g/mol. The minimum Gasteiger partial charge on any atom is -0.480 e. The molecule has 0 aliphatic heterocycles. The van der Waals surface area contributed by atoms with E-state index in [0.717, 1.165) is 0 Å². The van der Waals surface area contributed by atoms with Crippen molar-refractivity contribution < 1.29 is 26.7 Å². The summed E-state index contributed by atoms with van der Waals surface area (Å²) in [6.45, 7) is 4.35. The van der Waals surface area contributed by atoms with Gasteiger partial charge in [-0.25, -0.2) is 16.8 Å². The predicted octanol–water partition coefficient (Wildman–Crippen LogP) is 0.0876. The SMILES string of the molecule is CCC(C(=O)O)S(=O)(=O)CCS(=O)(=O)C(C)C. The summed E-state index contributed by atoms with van der Waals surface area (Å²) in [7, 11) is -7.39. The molecule has 0 spiro atoms. The largest absolute Gasteiger partial charge is 0.480 e. The van der Waals surface area contributed by atoms with E-state index in [1.165, 1.54) is 20.8 Å². The molecule has 0 amide bonds. The molecular formula is C9H18O6S2. The van der Waals surface area contributed by atoms with Gasteiger partial charge in [-0.15, -0.1) is 0 Å². The molecule has 0 heterocycles. The minimum atomic E-state index is -3.92. The highest BCUT2D eigenvalue weighted by Crippen LogP contribution is 2.10. The van der Waals surface area contributed by atoms with Crippen LogP contribution in [0.15, 0.2) is 0 Å². The van der Waals surface area contributed by atoms with Crippen molar-refractivity contribution in [2.24, 2.45) is 0 Å². The zero-order valence-electron chi connectivity index (χ0n) is 10.1. The van der Waals surface area contributed by atoms with Gasteiger partial charge < -0.3 is 5.11 Å². The van der Waals surface area contributed by atoms with Crippen molar-refractivity contribution in [2.75, 3.05) is 11.5 Å². The first-order valence-electron chi connectivity index (χ1n) is 5.20. The first-order valence-corrected chi connectivity index (χ1v) is 8.63. The van der Waals surface area contributed by atoms with E-state index in [9.17, 15) is 21.6 Å². The third-order valence-electron chi connectivity index (χ3n) is 2.45. The van der Waals surface area contributed by atoms with E-state index in [4.69, 9.17) is 5.11 Å². The van der Waals surface area contributed by atoms with Crippen LogP contribution in [0.1, 0.15) is 27.2 Å². The Balaban J connectivity index is 4.86. The topological polar surface area (TPSA) is 106 Å². The number of carbonyl (C=O) groups is 1. The van der Waals surface area contributed by atoms with Gasteiger partial charge in [0.15, 0.2) is 24.9 Å². The number of sulfone groups is 2. The van der Waals surface area contributed by atoms with Crippen molar-refractivity contribution in [2.45, 2.75) is 37.7 Å². The molecule has 102 valence electrons. The number of hydrogen-bond acceptors (Lipinski definition) is 5. The molecule has 0 aromatic heterocycles. The maximum Gasteiger partial charge on any atom is 0.321 e. The van der Waals surface area contributed by atoms with E-state index < -0.39 is 47.6 Å². The Bertz CT molecular complexity index is 460. The van der Waals surface area contributed by atoms with Crippen molar-refractivity contribution in [1.29, 1.82) is 0 Å². The van der Waals surface area contributed by atoms with Gasteiger partial charge in [-0.1, -0.05) is 6.92 Å². The van der Waals surface area contributed by atoms with E-state index in [0.29, 0.717) is 0 Å². The maximum atomic E-state index is 11.6. The molecule has 0 aromatic rings. The molecule has 0 rings (SSSR count). The van der Waals surface area contributed by atoms with Gasteiger partial charge >= 0.3 is 5.97 Å². The lowest BCUT2D eigenvalue weighted by Crippen LogP contribution is -2.34. The Morgan fingerprint density at radius 1 is 1.06 bits per heavy atom. The van der Waals surface area contributed by atoms with Crippen molar-refractivity contribution in [3.8, 4) is 0 Å². The van der Waals surface area contributed by atoms with E-state index in [-0.39, 0.29) is 6.42 Å². The normalized spacial score (nSPS) is 14.8. The van der Waals surface area contributed by atoms with Gasteiger partial charge in [0.1, 0.15) is 0 Å². The molecule has 0 bridgehead atoms. The van der Waals surface area contributed by atoms with Crippen LogP contribution in [-0.2, 0) is 24.5 Å². The Hall–Kier alpha value is -0.630. The number of rotatable bonds is 7. The quantitative estimate of drug-likeness (QED) is 0.711. The van der Waals surface area contributed by atoms with Gasteiger partial charge in [0.25, 0.3) is 0 Å². The smallest absolute Gasteiger partial charge is 0.321 e. The first-order chi connectivity index (χ1) is 7.54. The van der Waals surface area contributed by atoms with Crippen molar-refractivity contribution >= 4 is 25.6 Å². The highest BCUT2D eigenvalue weighted by molar-refractivity contribution is 7.96. The van der Waals surface area contributed by atoms with Crippen molar-refractivity contribution in [3.63, 3.8) is 0 Å². The molecular weight excluding hydrogens is 268 g/mol. The fraction of sp³-hybridized carbons (Fsp3) is 0.889. The summed E-state index contributed by atoms with van der Waals surface area (Å²) in [5.74, 6) is -2.61. The molecule has 0 fully saturated rings. The summed E-state index contributed by atoms with van der Waals surface area (Å²) in [6.07, 6.45) is -0.0700. The van der Waals surface area contributed by atoms with E-state index in [1.807, 2.05) is 0 Å². The summed E-state index contributed by atoms with van der Waals surface area (Å²) in [4.78, 5) is 10.7. The lowest BCUT2D eigenvalue weighted by molar-refractivity contribution is -0.136. The van der Waals surface area contributed by atoms with Gasteiger partial charge in [-0.05, 0) is 20.3 Å². The van der Waals surface area contributed by atoms with Crippen molar-refractivity contribution in [3.05, 3.63) is 0 Å². The second kappa shape index (κ2) is 5.81. The van der Waals surface area contributed by atoms with Gasteiger partial charge in [0.2, 0.25) is 0 Å².